The Labute approximate surface area is 146 Å². The second kappa shape index (κ2) is 9.80. The summed E-state index contributed by atoms with van der Waals surface area (Å²) < 4.78 is 0. The van der Waals surface area contributed by atoms with Crippen LogP contribution >= 0.6 is 0 Å². The first-order valence-electron chi connectivity index (χ1n) is 9.45. The lowest BCUT2D eigenvalue weighted by atomic mass is 9.94. The maximum atomic E-state index is 12.6. The fourth-order valence-electron chi connectivity index (χ4n) is 3.73. The van der Waals surface area contributed by atoms with Gasteiger partial charge < -0.3 is 10.4 Å². The highest BCUT2D eigenvalue weighted by Gasteiger charge is 2.23. The van der Waals surface area contributed by atoms with E-state index in [1.54, 1.807) is 0 Å². The van der Waals surface area contributed by atoms with Crippen LogP contribution in [0.3, 0.4) is 0 Å². The lowest BCUT2D eigenvalue weighted by Gasteiger charge is -2.33. The number of carbonyl (C=O) groups excluding carboxylic acids is 1. The topological polar surface area (TPSA) is 52.6 Å². The molecule has 1 saturated carbocycles. The standard InChI is InChI=1S/C20H32N2O2/c1-3-16-9-8-10-17(4-2)20(16)21-19(24)15-22(13-14-23)18-11-6-5-7-12-18/h8-10,18,23H,3-7,11-15H2,1-2H3,(H,21,24). The number of aliphatic hydroxyl groups is 1. The lowest BCUT2D eigenvalue weighted by Crippen LogP contribution is -2.43. The fourth-order valence-corrected chi connectivity index (χ4v) is 3.73. The maximum Gasteiger partial charge on any atom is 0.238 e. The minimum absolute atomic E-state index is 0.0321. The smallest absolute Gasteiger partial charge is 0.238 e. The monoisotopic (exact) mass is 332 g/mol. The molecule has 0 radical (unpaired) electrons. The molecule has 2 rings (SSSR count). The van der Waals surface area contributed by atoms with Gasteiger partial charge in [0.2, 0.25) is 5.91 Å². The maximum absolute atomic E-state index is 12.6. The fraction of sp³-hybridized carbons (Fsp3) is 0.650. The molecule has 4 heteroatoms. The third-order valence-electron chi connectivity index (χ3n) is 5.09. The SMILES string of the molecule is CCc1cccc(CC)c1NC(=O)CN(CCO)C1CCCCC1. The van der Waals surface area contributed by atoms with Gasteiger partial charge >= 0.3 is 0 Å². The molecule has 0 aliphatic heterocycles. The zero-order valence-corrected chi connectivity index (χ0v) is 15.2. The molecule has 0 heterocycles. The molecule has 1 aromatic carbocycles. The van der Waals surface area contributed by atoms with Gasteiger partial charge in [0.05, 0.1) is 13.2 Å². The van der Waals surface area contributed by atoms with Crippen LogP contribution in [0.2, 0.25) is 0 Å². The Morgan fingerprint density at radius 3 is 2.33 bits per heavy atom. The van der Waals surface area contributed by atoms with Crippen molar-refractivity contribution in [1.29, 1.82) is 0 Å². The minimum atomic E-state index is 0.0321. The number of nitrogens with one attached hydrogen (secondary N) is 1. The first-order valence-corrected chi connectivity index (χ1v) is 9.45. The van der Waals surface area contributed by atoms with Gasteiger partial charge in [0.1, 0.15) is 0 Å². The van der Waals surface area contributed by atoms with Crippen LogP contribution in [0.15, 0.2) is 18.2 Å². The molecule has 134 valence electrons. The molecular formula is C20H32N2O2. The summed E-state index contributed by atoms with van der Waals surface area (Å²) in [6.45, 7) is 5.28. The summed E-state index contributed by atoms with van der Waals surface area (Å²) in [5, 5.41) is 12.5. The van der Waals surface area contributed by atoms with Gasteiger partial charge in [-0.3, -0.25) is 9.69 Å². The second-order valence-corrected chi connectivity index (χ2v) is 6.69. The van der Waals surface area contributed by atoms with Crippen molar-refractivity contribution in [3.8, 4) is 0 Å². The van der Waals surface area contributed by atoms with E-state index in [-0.39, 0.29) is 12.5 Å². The third kappa shape index (κ3) is 5.05. The van der Waals surface area contributed by atoms with Crippen LogP contribution in [-0.4, -0.2) is 41.7 Å². The third-order valence-corrected chi connectivity index (χ3v) is 5.09. The van der Waals surface area contributed by atoms with E-state index >= 15 is 0 Å². The van der Waals surface area contributed by atoms with Crippen molar-refractivity contribution >= 4 is 11.6 Å². The van der Waals surface area contributed by atoms with Gasteiger partial charge in [-0.2, -0.15) is 0 Å². The number of aryl methyl sites for hydroxylation is 2. The number of hydrogen-bond acceptors (Lipinski definition) is 3. The molecule has 0 aromatic heterocycles. The molecule has 1 aliphatic rings. The normalized spacial score (nSPS) is 15.7. The molecule has 4 nitrogen and oxygen atoms in total. The van der Waals surface area contributed by atoms with Crippen molar-refractivity contribution in [1.82, 2.24) is 4.90 Å². The van der Waals surface area contributed by atoms with E-state index in [1.165, 1.54) is 30.4 Å². The van der Waals surface area contributed by atoms with E-state index in [0.717, 1.165) is 31.4 Å². The molecule has 0 atom stereocenters. The molecule has 24 heavy (non-hydrogen) atoms. The molecule has 1 aliphatic carbocycles. The Kier molecular flexibility index (Phi) is 7.73. The van der Waals surface area contributed by atoms with Crippen LogP contribution in [0.4, 0.5) is 5.69 Å². The zero-order chi connectivity index (χ0) is 17.4. The van der Waals surface area contributed by atoms with Crippen molar-refractivity contribution in [2.75, 3.05) is 25.0 Å². The summed E-state index contributed by atoms with van der Waals surface area (Å²) >= 11 is 0. The highest BCUT2D eigenvalue weighted by atomic mass is 16.3. The average molecular weight is 332 g/mol. The number of rotatable bonds is 8. The average Bonchev–Trinajstić information content (AvgIpc) is 2.62. The molecule has 0 unspecified atom stereocenters. The second-order valence-electron chi connectivity index (χ2n) is 6.69. The van der Waals surface area contributed by atoms with Crippen molar-refractivity contribution < 1.29 is 9.90 Å². The summed E-state index contributed by atoms with van der Waals surface area (Å²) in [6.07, 6.45) is 7.84. The van der Waals surface area contributed by atoms with Gasteiger partial charge in [0.15, 0.2) is 0 Å². The summed E-state index contributed by atoms with van der Waals surface area (Å²) in [5.74, 6) is 0.0321. The molecule has 2 N–H and O–H groups in total. The number of benzene rings is 1. The molecular weight excluding hydrogens is 300 g/mol. The molecule has 1 fully saturated rings. The van der Waals surface area contributed by atoms with Crippen LogP contribution in [0.5, 0.6) is 0 Å². The summed E-state index contributed by atoms with van der Waals surface area (Å²) in [7, 11) is 0. The molecule has 1 aromatic rings. The van der Waals surface area contributed by atoms with Gasteiger partial charge in [-0.25, -0.2) is 0 Å². The Morgan fingerprint density at radius 2 is 1.79 bits per heavy atom. The molecule has 0 saturated heterocycles. The summed E-state index contributed by atoms with van der Waals surface area (Å²) in [4.78, 5) is 14.8. The Balaban J connectivity index is 2.05. The van der Waals surface area contributed by atoms with Gasteiger partial charge in [0, 0.05) is 18.3 Å². The first kappa shape index (κ1) is 18.9. The number of nitrogens with zero attached hydrogens (tertiary/aromatic N) is 1. The van der Waals surface area contributed by atoms with E-state index in [4.69, 9.17) is 0 Å². The van der Waals surface area contributed by atoms with E-state index in [0.29, 0.717) is 19.1 Å². The van der Waals surface area contributed by atoms with Crippen LogP contribution < -0.4 is 5.32 Å². The van der Waals surface area contributed by atoms with Crippen LogP contribution in [-0.2, 0) is 17.6 Å². The summed E-state index contributed by atoms with van der Waals surface area (Å²) in [6, 6.07) is 6.67. The van der Waals surface area contributed by atoms with Crippen molar-refractivity contribution in [3.63, 3.8) is 0 Å². The van der Waals surface area contributed by atoms with Crippen LogP contribution in [0.1, 0.15) is 57.1 Å². The van der Waals surface area contributed by atoms with Gasteiger partial charge in [-0.1, -0.05) is 51.3 Å². The van der Waals surface area contributed by atoms with Gasteiger partial charge in [-0.15, -0.1) is 0 Å². The molecule has 1 amide bonds. The van der Waals surface area contributed by atoms with Crippen molar-refractivity contribution in [3.05, 3.63) is 29.3 Å². The van der Waals surface area contributed by atoms with Crippen LogP contribution in [0.25, 0.3) is 0 Å². The van der Waals surface area contributed by atoms with Crippen LogP contribution in [0, 0.1) is 0 Å². The molecule has 0 bridgehead atoms. The number of amides is 1. The van der Waals surface area contributed by atoms with Gasteiger partial charge in [-0.05, 0) is 36.8 Å². The zero-order valence-electron chi connectivity index (χ0n) is 15.2. The Morgan fingerprint density at radius 1 is 1.17 bits per heavy atom. The highest BCUT2D eigenvalue weighted by molar-refractivity contribution is 5.93. The van der Waals surface area contributed by atoms with Crippen molar-refractivity contribution in [2.45, 2.75) is 64.8 Å². The van der Waals surface area contributed by atoms with E-state index in [9.17, 15) is 9.90 Å². The highest BCUT2D eigenvalue weighted by Crippen LogP contribution is 2.24. The Hall–Kier alpha value is -1.39. The van der Waals surface area contributed by atoms with Crippen molar-refractivity contribution in [2.24, 2.45) is 0 Å². The first-order chi connectivity index (χ1) is 11.7. The van der Waals surface area contributed by atoms with E-state index < -0.39 is 0 Å². The number of para-hydroxylation sites is 1. The predicted molar refractivity (Wildman–Crippen MR) is 99.4 cm³/mol. The quantitative estimate of drug-likeness (QED) is 0.767. The largest absolute Gasteiger partial charge is 0.395 e. The lowest BCUT2D eigenvalue weighted by molar-refractivity contribution is -0.118. The summed E-state index contributed by atoms with van der Waals surface area (Å²) in [5.41, 5.74) is 3.36. The predicted octanol–water partition coefficient (Wildman–Crippen LogP) is 3.38. The van der Waals surface area contributed by atoms with E-state index in [1.807, 2.05) is 0 Å². The minimum Gasteiger partial charge on any atom is -0.395 e. The molecule has 0 spiro atoms. The van der Waals surface area contributed by atoms with E-state index in [2.05, 4.69) is 42.3 Å². The number of hydrogen-bond donors (Lipinski definition) is 2. The number of aliphatic hydroxyl groups excluding tert-OH is 1. The Bertz CT molecular complexity index is 502. The number of carbonyl (C=O) groups is 1. The van der Waals surface area contributed by atoms with Gasteiger partial charge in [0.25, 0.3) is 0 Å². The number of anilines is 1.